The Kier molecular flexibility index (Phi) is 4.67. The molecular weight excluding hydrogens is 350 g/mol. The second-order valence-electron chi connectivity index (χ2n) is 7.77. The maximum atomic E-state index is 13.2. The SMILES string of the molecule is COc1ccccc1N1CCN(C(=O)c2ccc3ncccc3c2)CC1(C)C. The number of amides is 1. The number of piperazine rings is 1. The fourth-order valence-electron chi connectivity index (χ4n) is 4.02. The van der Waals surface area contributed by atoms with Gasteiger partial charge in [0.2, 0.25) is 0 Å². The number of carbonyl (C=O) groups excluding carboxylic acids is 1. The molecule has 144 valence electrons. The Morgan fingerprint density at radius 3 is 2.68 bits per heavy atom. The first kappa shape index (κ1) is 18.3. The highest BCUT2D eigenvalue weighted by Crippen LogP contribution is 2.35. The summed E-state index contributed by atoms with van der Waals surface area (Å²) in [5.74, 6) is 0.927. The van der Waals surface area contributed by atoms with Crippen molar-refractivity contribution in [1.29, 1.82) is 0 Å². The summed E-state index contributed by atoms with van der Waals surface area (Å²) >= 11 is 0. The lowest BCUT2D eigenvalue weighted by Crippen LogP contribution is -2.60. The molecule has 5 heteroatoms. The summed E-state index contributed by atoms with van der Waals surface area (Å²) in [4.78, 5) is 21.8. The molecule has 0 atom stereocenters. The number of anilines is 1. The van der Waals surface area contributed by atoms with Gasteiger partial charge in [-0.3, -0.25) is 9.78 Å². The number of fused-ring (bicyclic) bond motifs is 1. The van der Waals surface area contributed by atoms with Crippen LogP contribution >= 0.6 is 0 Å². The van der Waals surface area contributed by atoms with Crippen molar-refractivity contribution in [2.45, 2.75) is 19.4 Å². The van der Waals surface area contributed by atoms with Gasteiger partial charge in [-0.25, -0.2) is 0 Å². The summed E-state index contributed by atoms with van der Waals surface area (Å²) < 4.78 is 5.55. The molecule has 28 heavy (non-hydrogen) atoms. The molecule has 0 radical (unpaired) electrons. The zero-order valence-electron chi connectivity index (χ0n) is 16.6. The second-order valence-corrected chi connectivity index (χ2v) is 7.77. The molecule has 1 amide bonds. The van der Waals surface area contributed by atoms with Crippen molar-refractivity contribution in [3.8, 4) is 5.75 Å². The molecule has 1 fully saturated rings. The van der Waals surface area contributed by atoms with Gasteiger partial charge in [0, 0.05) is 36.8 Å². The molecule has 1 aromatic heterocycles. The number of carbonyl (C=O) groups is 1. The molecule has 0 spiro atoms. The molecule has 1 aliphatic heterocycles. The molecule has 0 unspecified atom stereocenters. The van der Waals surface area contributed by atoms with Crippen LogP contribution in [0.5, 0.6) is 5.75 Å². The summed E-state index contributed by atoms with van der Waals surface area (Å²) in [6, 6.07) is 17.7. The number of hydrogen-bond donors (Lipinski definition) is 0. The van der Waals surface area contributed by atoms with E-state index < -0.39 is 0 Å². The van der Waals surface area contributed by atoms with Gasteiger partial charge in [0.1, 0.15) is 5.75 Å². The van der Waals surface area contributed by atoms with Gasteiger partial charge < -0.3 is 14.5 Å². The number of nitrogens with zero attached hydrogens (tertiary/aromatic N) is 3. The van der Waals surface area contributed by atoms with Crippen molar-refractivity contribution >= 4 is 22.5 Å². The van der Waals surface area contributed by atoms with Crippen LogP contribution in [0.4, 0.5) is 5.69 Å². The van der Waals surface area contributed by atoms with Gasteiger partial charge in [-0.1, -0.05) is 18.2 Å². The summed E-state index contributed by atoms with van der Waals surface area (Å²) in [5, 5.41) is 0.986. The molecule has 5 nitrogen and oxygen atoms in total. The molecule has 1 saturated heterocycles. The van der Waals surface area contributed by atoms with Gasteiger partial charge in [-0.15, -0.1) is 0 Å². The molecule has 0 bridgehead atoms. The van der Waals surface area contributed by atoms with Crippen LogP contribution in [0.25, 0.3) is 10.9 Å². The summed E-state index contributed by atoms with van der Waals surface area (Å²) in [6.07, 6.45) is 1.77. The molecule has 0 saturated carbocycles. The number of aromatic nitrogens is 1. The first-order valence-electron chi connectivity index (χ1n) is 9.54. The first-order valence-corrected chi connectivity index (χ1v) is 9.54. The van der Waals surface area contributed by atoms with Gasteiger partial charge in [0.05, 0.1) is 23.9 Å². The Bertz CT molecular complexity index is 1020. The summed E-state index contributed by atoms with van der Waals surface area (Å²) in [6.45, 7) is 6.42. The summed E-state index contributed by atoms with van der Waals surface area (Å²) in [5.41, 5.74) is 2.47. The van der Waals surface area contributed by atoms with E-state index in [2.05, 4.69) is 29.8 Å². The average Bonchev–Trinajstić information content (AvgIpc) is 2.72. The van der Waals surface area contributed by atoms with Crippen molar-refractivity contribution in [2.75, 3.05) is 31.6 Å². The third kappa shape index (κ3) is 3.28. The van der Waals surface area contributed by atoms with Gasteiger partial charge >= 0.3 is 0 Å². The maximum absolute atomic E-state index is 13.2. The zero-order valence-corrected chi connectivity index (χ0v) is 16.6. The molecular formula is C23H25N3O2. The van der Waals surface area contributed by atoms with Crippen LogP contribution < -0.4 is 9.64 Å². The quantitative estimate of drug-likeness (QED) is 0.695. The van der Waals surface area contributed by atoms with Crippen molar-refractivity contribution in [1.82, 2.24) is 9.88 Å². The second kappa shape index (κ2) is 7.15. The molecule has 0 N–H and O–H groups in total. The Morgan fingerprint density at radius 1 is 1.07 bits per heavy atom. The number of para-hydroxylation sites is 2. The predicted octanol–water partition coefficient (Wildman–Crippen LogP) is 3.98. The topological polar surface area (TPSA) is 45.7 Å². The third-order valence-electron chi connectivity index (χ3n) is 5.42. The van der Waals surface area contributed by atoms with Crippen LogP contribution in [0.15, 0.2) is 60.8 Å². The van der Waals surface area contributed by atoms with Crippen LogP contribution in [-0.2, 0) is 0 Å². The molecule has 2 aromatic carbocycles. The number of methoxy groups -OCH3 is 1. The highest BCUT2D eigenvalue weighted by Gasteiger charge is 2.37. The maximum Gasteiger partial charge on any atom is 0.254 e. The minimum absolute atomic E-state index is 0.0681. The normalized spacial score (nSPS) is 16.2. The van der Waals surface area contributed by atoms with E-state index in [4.69, 9.17) is 4.74 Å². The number of ether oxygens (including phenoxy) is 1. The Labute approximate surface area is 165 Å². The Hall–Kier alpha value is -3.08. The van der Waals surface area contributed by atoms with E-state index in [1.165, 1.54) is 0 Å². The van der Waals surface area contributed by atoms with Gasteiger partial charge in [-0.2, -0.15) is 0 Å². The van der Waals surface area contributed by atoms with Crippen LogP contribution in [0.3, 0.4) is 0 Å². The van der Waals surface area contributed by atoms with E-state index in [-0.39, 0.29) is 11.4 Å². The minimum Gasteiger partial charge on any atom is -0.495 e. The van der Waals surface area contributed by atoms with Crippen molar-refractivity contribution in [3.63, 3.8) is 0 Å². The van der Waals surface area contributed by atoms with Crippen LogP contribution in [0.1, 0.15) is 24.2 Å². The van der Waals surface area contributed by atoms with Gasteiger partial charge in [0.15, 0.2) is 0 Å². The Morgan fingerprint density at radius 2 is 1.89 bits per heavy atom. The highest BCUT2D eigenvalue weighted by atomic mass is 16.5. The number of hydrogen-bond acceptors (Lipinski definition) is 4. The molecule has 3 aromatic rings. The van der Waals surface area contributed by atoms with Crippen molar-refractivity contribution < 1.29 is 9.53 Å². The largest absolute Gasteiger partial charge is 0.495 e. The van der Waals surface area contributed by atoms with E-state index in [9.17, 15) is 4.79 Å². The van der Waals surface area contributed by atoms with E-state index in [1.807, 2.05) is 53.4 Å². The Balaban J connectivity index is 1.57. The lowest BCUT2D eigenvalue weighted by Gasteiger charge is -2.48. The number of pyridine rings is 1. The molecule has 2 heterocycles. The summed E-state index contributed by atoms with van der Waals surface area (Å²) in [7, 11) is 1.69. The molecule has 4 rings (SSSR count). The van der Waals surface area contributed by atoms with E-state index in [0.717, 1.165) is 28.9 Å². The van der Waals surface area contributed by atoms with Gasteiger partial charge in [-0.05, 0) is 50.2 Å². The highest BCUT2D eigenvalue weighted by molar-refractivity contribution is 5.98. The van der Waals surface area contributed by atoms with E-state index in [0.29, 0.717) is 18.7 Å². The minimum atomic E-state index is -0.207. The van der Waals surface area contributed by atoms with E-state index in [1.54, 1.807) is 13.3 Å². The molecule has 1 aliphatic rings. The number of rotatable bonds is 3. The van der Waals surface area contributed by atoms with Crippen LogP contribution in [0, 0.1) is 0 Å². The van der Waals surface area contributed by atoms with Crippen LogP contribution in [0.2, 0.25) is 0 Å². The van der Waals surface area contributed by atoms with Crippen molar-refractivity contribution in [2.24, 2.45) is 0 Å². The standard InChI is InChI=1S/C23H25N3O2/c1-23(2)16-25(13-14-26(23)20-8-4-5-9-21(20)28-3)22(27)18-10-11-19-17(15-18)7-6-12-24-19/h4-12,15H,13-14,16H2,1-3H3. The molecule has 0 aliphatic carbocycles. The van der Waals surface area contributed by atoms with Crippen LogP contribution in [-0.4, -0.2) is 48.1 Å². The van der Waals surface area contributed by atoms with Gasteiger partial charge in [0.25, 0.3) is 5.91 Å². The zero-order chi connectivity index (χ0) is 19.7. The van der Waals surface area contributed by atoms with E-state index >= 15 is 0 Å². The van der Waals surface area contributed by atoms with Crippen molar-refractivity contribution in [3.05, 3.63) is 66.4 Å². The smallest absolute Gasteiger partial charge is 0.254 e. The predicted molar refractivity (Wildman–Crippen MR) is 112 cm³/mol. The number of benzene rings is 2. The first-order chi connectivity index (χ1) is 13.5. The fraction of sp³-hybridized carbons (Fsp3) is 0.304. The third-order valence-corrected chi connectivity index (χ3v) is 5.42. The monoisotopic (exact) mass is 375 g/mol. The average molecular weight is 375 g/mol. The lowest BCUT2D eigenvalue weighted by molar-refractivity contribution is 0.0686. The fourth-order valence-corrected chi connectivity index (χ4v) is 4.02. The lowest BCUT2D eigenvalue weighted by atomic mass is 9.96.